The van der Waals surface area contributed by atoms with Gasteiger partial charge in [-0.2, -0.15) is 0 Å². The summed E-state index contributed by atoms with van der Waals surface area (Å²) in [7, 11) is -1.84. The van der Waals surface area contributed by atoms with E-state index in [9.17, 15) is 0 Å². The zero-order chi connectivity index (χ0) is 22.8. The average molecular weight is 433 g/mol. The fourth-order valence-corrected chi connectivity index (χ4v) is 4.22. The minimum atomic E-state index is -1.84. The summed E-state index contributed by atoms with van der Waals surface area (Å²) >= 11 is 0. The second-order valence-corrected chi connectivity index (χ2v) is 14.9. The first kappa shape index (κ1) is 27.0. The molecule has 0 amide bonds. The summed E-state index contributed by atoms with van der Waals surface area (Å²) in [6.45, 7) is 19.5. The van der Waals surface area contributed by atoms with Crippen molar-refractivity contribution in [3.63, 3.8) is 0 Å². The van der Waals surface area contributed by atoms with E-state index in [1.807, 2.05) is 13.8 Å². The molecular weight excluding hydrogens is 388 g/mol. The summed E-state index contributed by atoms with van der Waals surface area (Å²) < 4.78 is 18.4. The Kier molecular flexibility index (Phi) is 10.9. The van der Waals surface area contributed by atoms with Crippen molar-refractivity contribution in [1.29, 1.82) is 0 Å². The van der Waals surface area contributed by atoms with Crippen LogP contribution in [0.4, 0.5) is 0 Å². The van der Waals surface area contributed by atoms with Gasteiger partial charge in [-0.15, -0.1) is 0 Å². The van der Waals surface area contributed by atoms with Crippen molar-refractivity contribution in [2.45, 2.75) is 129 Å². The summed E-state index contributed by atoms with van der Waals surface area (Å²) in [4.78, 5) is 0. The van der Waals surface area contributed by atoms with Crippen molar-refractivity contribution in [3.8, 4) is 23.7 Å². The molecule has 0 bridgehead atoms. The third-order valence-corrected chi connectivity index (χ3v) is 10.3. The van der Waals surface area contributed by atoms with Gasteiger partial charge in [0.05, 0.1) is 0 Å². The van der Waals surface area contributed by atoms with E-state index in [4.69, 9.17) is 13.9 Å². The minimum absolute atomic E-state index is 0.0730. The number of rotatable bonds is 9. The maximum Gasteiger partial charge on any atom is 0.193 e. The maximum atomic E-state index is 6.40. The predicted octanol–water partition coefficient (Wildman–Crippen LogP) is 6.84. The van der Waals surface area contributed by atoms with Crippen molar-refractivity contribution in [2.75, 3.05) is 0 Å². The molecule has 4 heteroatoms. The van der Waals surface area contributed by atoms with Gasteiger partial charge in [0, 0.05) is 0 Å². The highest BCUT2D eigenvalue weighted by atomic mass is 28.4. The molecule has 0 aromatic rings. The summed E-state index contributed by atoms with van der Waals surface area (Å²) in [5.74, 6) is 11.7. The molecule has 0 radical (unpaired) electrons. The van der Waals surface area contributed by atoms with Crippen LogP contribution in [0, 0.1) is 23.7 Å². The topological polar surface area (TPSA) is 27.7 Å². The van der Waals surface area contributed by atoms with Crippen molar-refractivity contribution in [3.05, 3.63) is 12.2 Å². The van der Waals surface area contributed by atoms with Crippen LogP contribution in [0.2, 0.25) is 18.1 Å². The summed E-state index contributed by atoms with van der Waals surface area (Å²) in [6.07, 6.45) is 10.8. The molecule has 0 aliphatic carbocycles. The molecule has 30 heavy (non-hydrogen) atoms. The van der Waals surface area contributed by atoms with Gasteiger partial charge >= 0.3 is 0 Å². The zero-order valence-corrected chi connectivity index (χ0v) is 21.9. The van der Waals surface area contributed by atoms with Gasteiger partial charge in [-0.05, 0) is 63.1 Å². The minimum Gasteiger partial charge on any atom is -0.403 e. The quantitative estimate of drug-likeness (QED) is 0.173. The zero-order valence-electron chi connectivity index (χ0n) is 20.9. The van der Waals surface area contributed by atoms with E-state index in [1.165, 1.54) is 25.7 Å². The Morgan fingerprint density at radius 2 is 1.77 bits per heavy atom. The second kappa shape index (κ2) is 12.1. The maximum absolute atomic E-state index is 6.40. The van der Waals surface area contributed by atoms with Gasteiger partial charge in [0.15, 0.2) is 20.2 Å². The molecule has 0 N–H and O–H groups in total. The van der Waals surface area contributed by atoms with Crippen LogP contribution in [0.25, 0.3) is 0 Å². The number of hydrogen-bond donors (Lipinski definition) is 0. The van der Waals surface area contributed by atoms with Crippen LogP contribution in [0.1, 0.15) is 87.0 Å². The normalized spacial score (nSPS) is 22.3. The Morgan fingerprint density at radius 1 is 1.07 bits per heavy atom. The Hall–Kier alpha value is -1.04. The lowest BCUT2D eigenvalue weighted by atomic mass is 10.1. The highest BCUT2D eigenvalue weighted by Gasteiger charge is 2.39. The van der Waals surface area contributed by atoms with Crippen LogP contribution in [-0.2, 0) is 13.9 Å². The predicted molar refractivity (Wildman–Crippen MR) is 130 cm³/mol. The highest BCUT2D eigenvalue weighted by Crippen LogP contribution is 2.37. The van der Waals surface area contributed by atoms with Crippen LogP contribution in [0.15, 0.2) is 12.2 Å². The molecule has 170 valence electrons. The Balaban J connectivity index is 2.73. The molecule has 0 aromatic heterocycles. The lowest BCUT2D eigenvalue weighted by Crippen LogP contribution is -2.43. The second-order valence-electron chi connectivity index (χ2n) is 10.1. The molecule has 1 rings (SSSR count). The molecule has 0 aromatic carbocycles. The first-order valence-corrected chi connectivity index (χ1v) is 14.5. The number of hydrogen-bond acceptors (Lipinski definition) is 3. The van der Waals surface area contributed by atoms with Crippen LogP contribution < -0.4 is 0 Å². The van der Waals surface area contributed by atoms with Crippen molar-refractivity contribution in [2.24, 2.45) is 0 Å². The van der Waals surface area contributed by atoms with E-state index in [0.29, 0.717) is 0 Å². The van der Waals surface area contributed by atoms with Gasteiger partial charge < -0.3 is 13.9 Å². The molecule has 1 saturated heterocycles. The van der Waals surface area contributed by atoms with Crippen LogP contribution in [0.3, 0.4) is 0 Å². The van der Waals surface area contributed by atoms with E-state index in [0.717, 1.165) is 12.8 Å². The van der Waals surface area contributed by atoms with Crippen LogP contribution >= 0.6 is 0 Å². The van der Waals surface area contributed by atoms with Gasteiger partial charge in [0.2, 0.25) is 0 Å². The molecule has 1 aliphatic heterocycles. The molecule has 0 spiro atoms. The van der Waals surface area contributed by atoms with Gasteiger partial charge in [0.1, 0.15) is 12.2 Å². The smallest absolute Gasteiger partial charge is 0.193 e. The number of unbranched alkanes of at least 4 members (excludes halogenated alkanes) is 4. The lowest BCUT2D eigenvalue weighted by molar-refractivity contribution is -0.138. The molecule has 1 aliphatic rings. The fourth-order valence-electron chi connectivity index (χ4n) is 2.93. The molecule has 1 fully saturated rings. The van der Waals surface area contributed by atoms with E-state index in [1.54, 1.807) is 0 Å². The van der Waals surface area contributed by atoms with Gasteiger partial charge in [0.25, 0.3) is 0 Å². The molecule has 3 nitrogen and oxygen atoms in total. The molecule has 0 unspecified atom stereocenters. The van der Waals surface area contributed by atoms with E-state index in [2.05, 4.69) is 83.5 Å². The first-order chi connectivity index (χ1) is 13.9. The SMILES string of the molecule is CCCCCC/C=C/[C@H]1OC(C)(C)O[C@H]1C#CC#C[C@H](CC)O[Si](C)(C)C(C)(C)C. The Morgan fingerprint density at radius 3 is 2.37 bits per heavy atom. The summed E-state index contributed by atoms with van der Waals surface area (Å²) in [6, 6.07) is 0. The largest absolute Gasteiger partial charge is 0.403 e. The number of ether oxygens (including phenoxy) is 2. The van der Waals surface area contributed by atoms with E-state index in [-0.39, 0.29) is 23.4 Å². The highest BCUT2D eigenvalue weighted by molar-refractivity contribution is 6.74. The van der Waals surface area contributed by atoms with Crippen LogP contribution in [0.5, 0.6) is 0 Å². The van der Waals surface area contributed by atoms with Crippen molar-refractivity contribution in [1.82, 2.24) is 0 Å². The number of allylic oxidation sites excluding steroid dienone is 1. The van der Waals surface area contributed by atoms with Crippen LogP contribution in [-0.4, -0.2) is 32.4 Å². The van der Waals surface area contributed by atoms with Gasteiger partial charge in [-0.3, -0.25) is 0 Å². The standard InChI is InChI=1S/C26H44O3Si/c1-10-12-13-14-15-16-20-23-24(28-26(6,7)27-23)21-18-17-19-22(11-2)29-30(8,9)25(3,4)5/h16,20,22-24H,10-15H2,1-9H3/b20-16+/t22-,23+,24-/m0/s1. The lowest BCUT2D eigenvalue weighted by Gasteiger charge is -2.37. The monoisotopic (exact) mass is 432 g/mol. The Bertz CT molecular complexity index is 664. The molecular formula is C26H44O3Si. The first-order valence-electron chi connectivity index (χ1n) is 11.6. The fraction of sp³-hybridized carbons (Fsp3) is 0.769. The third-order valence-electron chi connectivity index (χ3n) is 5.80. The van der Waals surface area contributed by atoms with E-state index >= 15 is 0 Å². The van der Waals surface area contributed by atoms with Crippen molar-refractivity contribution < 1.29 is 13.9 Å². The summed E-state index contributed by atoms with van der Waals surface area (Å²) in [5, 5.41) is 0.171. The molecule has 3 atom stereocenters. The van der Waals surface area contributed by atoms with Crippen molar-refractivity contribution >= 4 is 8.32 Å². The Labute approximate surface area is 187 Å². The third kappa shape index (κ3) is 9.40. The average Bonchev–Trinajstić information content (AvgIpc) is 2.93. The molecule has 0 saturated carbocycles. The summed E-state index contributed by atoms with van der Waals surface area (Å²) in [5.41, 5.74) is 0. The molecule has 1 heterocycles. The van der Waals surface area contributed by atoms with Gasteiger partial charge in [-0.25, -0.2) is 0 Å². The van der Waals surface area contributed by atoms with E-state index < -0.39 is 14.1 Å². The van der Waals surface area contributed by atoms with Gasteiger partial charge in [-0.1, -0.05) is 77.9 Å².